The predicted octanol–water partition coefficient (Wildman–Crippen LogP) is 3.28. The number of nitrogens with zero attached hydrogens (tertiary/aromatic N) is 2. The molecule has 3 heterocycles. The van der Waals surface area contributed by atoms with E-state index in [1.165, 1.54) is 19.3 Å². The summed E-state index contributed by atoms with van der Waals surface area (Å²) in [5, 5.41) is 1.03. The van der Waals surface area contributed by atoms with Crippen molar-refractivity contribution in [1.29, 1.82) is 0 Å². The van der Waals surface area contributed by atoms with Crippen LogP contribution in [0.3, 0.4) is 0 Å². The molecule has 28 heavy (non-hydrogen) atoms. The van der Waals surface area contributed by atoms with E-state index >= 15 is 0 Å². The fourth-order valence-electron chi connectivity index (χ4n) is 4.38. The molecule has 6 nitrogen and oxygen atoms in total. The molecule has 2 saturated heterocycles. The lowest BCUT2D eigenvalue weighted by molar-refractivity contribution is 0.0256. The van der Waals surface area contributed by atoms with Crippen molar-refractivity contribution < 1.29 is 14.3 Å². The number of rotatable bonds is 6. The Morgan fingerprint density at radius 2 is 2.00 bits per heavy atom. The van der Waals surface area contributed by atoms with E-state index in [0.29, 0.717) is 5.69 Å². The lowest BCUT2D eigenvalue weighted by Gasteiger charge is -2.36. The monoisotopic (exact) mass is 385 g/mol. The van der Waals surface area contributed by atoms with Crippen molar-refractivity contribution in [3.63, 3.8) is 0 Å². The zero-order valence-corrected chi connectivity index (χ0v) is 16.8. The number of aromatic amines is 1. The molecule has 2 fully saturated rings. The van der Waals surface area contributed by atoms with E-state index in [9.17, 15) is 4.79 Å². The quantitative estimate of drug-likeness (QED) is 0.829. The molecule has 152 valence electrons. The summed E-state index contributed by atoms with van der Waals surface area (Å²) >= 11 is 0. The van der Waals surface area contributed by atoms with E-state index in [1.807, 2.05) is 24.3 Å². The molecule has 6 heteroatoms. The lowest BCUT2D eigenvalue weighted by Crippen LogP contribution is -2.47. The summed E-state index contributed by atoms with van der Waals surface area (Å²) in [5.41, 5.74) is 1.60. The molecule has 0 aliphatic carbocycles. The summed E-state index contributed by atoms with van der Waals surface area (Å²) in [5.74, 6) is 0.888. The van der Waals surface area contributed by atoms with Gasteiger partial charge in [-0.2, -0.15) is 0 Å². The molecule has 1 N–H and O–H groups in total. The van der Waals surface area contributed by atoms with Crippen LogP contribution in [0.4, 0.5) is 0 Å². The fraction of sp³-hybridized carbons (Fsp3) is 0.591. The standard InChI is InChI=1S/C22H31N3O3/c1-27-19-6-5-17-15-21(23-20(17)16-19)22(26)25(18-7-13-28-14-8-18)12-11-24-9-3-2-4-10-24/h5-6,15-16,18,23H,2-4,7-14H2,1H3. The third kappa shape index (κ3) is 4.33. The van der Waals surface area contributed by atoms with E-state index in [-0.39, 0.29) is 11.9 Å². The highest BCUT2D eigenvalue weighted by molar-refractivity contribution is 5.98. The van der Waals surface area contributed by atoms with Gasteiger partial charge in [0.05, 0.1) is 7.11 Å². The van der Waals surface area contributed by atoms with Gasteiger partial charge < -0.3 is 24.3 Å². The van der Waals surface area contributed by atoms with E-state index < -0.39 is 0 Å². The third-order valence-electron chi connectivity index (χ3n) is 6.06. The van der Waals surface area contributed by atoms with Gasteiger partial charge in [-0.15, -0.1) is 0 Å². The van der Waals surface area contributed by atoms with Gasteiger partial charge in [0, 0.05) is 49.3 Å². The average molecular weight is 386 g/mol. The Morgan fingerprint density at radius 1 is 1.21 bits per heavy atom. The van der Waals surface area contributed by atoms with Crippen LogP contribution in [0.5, 0.6) is 5.75 Å². The number of fused-ring (bicyclic) bond motifs is 1. The van der Waals surface area contributed by atoms with Crippen molar-refractivity contribution >= 4 is 16.8 Å². The van der Waals surface area contributed by atoms with Gasteiger partial charge in [0.25, 0.3) is 5.91 Å². The number of methoxy groups -OCH3 is 1. The van der Waals surface area contributed by atoms with Crippen LogP contribution in [-0.2, 0) is 4.74 Å². The number of piperidine rings is 1. The first-order valence-electron chi connectivity index (χ1n) is 10.5. The molecule has 0 atom stereocenters. The second kappa shape index (κ2) is 8.97. The third-order valence-corrected chi connectivity index (χ3v) is 6.06. The van der Waals surface area contributed by atoms with E-state index in [2.05, 4.69) is 14.8 Å². The van der Waals surface area contributed by atoms with Gasteiger partial charge >= 0.3 is 0 Å². The van der Waals surface area contributed by atoms with Gasteiger partial charge in [-0.25, -0.2) is 0 Å². The number of carbonyl (C=O) groups excluding carboxylic acids is 1. The zero-order valence-electron chi connectivity index (χ0n) is 16.8. The highest BCUT2D eigenvalue weighted by atomic mass is 16.5. The molecular weight excluding hydrogens is 354 g/mol. The normalized spacial score (nSPS) is 19.0. The Kier molecular flexibility index (Phi) is 6.17. The Labute approximate surface area is 166 Å². The van der Waals surface area contributed by atoms with Crippen LogP contribution in [-0.4, -0.2) is 73.2 Å². The van der Waals surface area contributed by atoms with Crippen molar-refractivity contribution in [3.8, 4) is 5.75 Å². The predicted molar refractivity (Wildman–Crippen MR) is 110 cm³/mol. The summed E-state index contributed by atoms with van der Waals surface area (Å²) in [6, 6.07) is 8.08. The first kappa shape index (κ1) is 19.3. The van der Waals surface area contributed by atoms with Crippen LogP contribution in [0.1, 0.15) is 42.6 Å². The lowest BCUT2D eigenvalue weighted by atomic mass is 10.1. The summed E-state index contributed by atoms with van der Waals surface area (Å²) in [6.45, 7) is 5.52. The molecule has 0 radical (unpaired) electrons. The van der Waals surface area contributed by atoms with Crippen LogP contribution in [0.2, 0.25) is 0 Å². The number of H-pyrrole nitrogens is 1. The summed E-state index contributed by atoms with van der Waals surface area (Å²) in [6.07, 6.45) is 5.71. The molecule has 1 amide bonds. The minimum atomic E-state index is 0.0964. The number of hydrogen-bond acceptors (Lipinski definition) is 4. The fourth-order valence-corrected chi connectivity index (χ4v) is 4.38. The van der Waals surface area contributed by atoms with E-state index in [4.69, 9.17) is 9.47 Å². The van der Waals surface area contributed by atoms with Crippen LogP contribution in [0.25, 0.3) is 10.9 Å². The van der Waals surface area contributed by atoms with E-state index in [1.54, 1.807) is 7.11 Å². The van der Waals surface area contributed by atoms with Crippen molar-refractivity contribution in [2.75, 3.05) is 46.5 Å². The molecule has 0 saturated carbocycles. The zero-order chi connectivity index (χ0) is 19.3. The number of likely N-dealkylation sites (tertiary alicyclic amines) is 1. The maximum Gasteiger partial charge on any atom is 0.270 e. The minimum Gasteiger partial charge on any atom is -0.497 e. The molecular formula is C22H31N3O3. The molecule has 1 aromatic heterocycles. The first-order chi connectivity index (χ1) is 13.7. The molecule has 2 aliphatic heterocycles. The molecule has 0 unspecified atom stereocenters. The Hall–Kier alpha value is -2.05. The minimum absolute atomic E-state index is 0.0964. The molecule has 0 spiro atoms. The SMILES string of the molecule is COc1ccc2cc(C(=O)N(CCN3CCCCC3)C3CCOCC3)[nH]c2c1. The van der Waals surface area contributed by atoms with Crippen LogP contribution in [0.15, 0.2) is 24.3 Å². The van der Waals surface area contributed by atoms with Crippen molar-refractivity contribution in [2.24, 2.45) is 0 Å². The highest BCUT2D eigenvalue weighted by Gasteiger charge is 2.28. The van der Waals surface area contributed by atoms with Gasteiger partial charge in [0.2, 0.25) is 0 Å². The van der Waals surface area contributed by atoms with Gasteiger partial charge in [-0.05, 0) is 57.0 Å². The smallest absolute Gasteiger partial charge is 0.270 e. The number of amides is 1. The van der Waals surface area contributed by atoms with Crippen molar-refractivity contribution in [1.82, 2.24) is 14.8 Å². The molecule has 0 bridgehead atoms. The van der Waals surface area contributed by atoms with Gasteiger partial charge in [0.15, 0.2) is 0 Å². The van der Waals surface area contributed by atoms with Crippen molar-refractivity contribution in [3.05, 3.63) is 30.0 Å². The Bertz CT molecular complexity index is 791. The van der Waals surface area contributed by atoms with Gasteiger partial charge in [-0.3, -0.25) is 4.79 Å². The maximum absolute atomic E-state index is 13.4. The first-order valence-corrected chi connectivity index (χ1v) is 10.5. The summed E-state index contributed by atoms with van der Waals surface area (Å²) in [7, 11) is 1.66. The molecule has 1 aromatic carbocycles. The second-order valence-electron chi connectivity index (χ2n) is 7.88. The number of nitrogens with one attached hydrogen (secondary N) is 1. The van der Waals surface area contributed by atoms with Crippen LogP contribution >= 0.6 is 0 Å². The number of hydrogen-bond donors (Lipinski definition) is 1. The summed E-state index contributed by atoms with van der Waals surface area (Å²) < 4.78 is 10.8. The summed E-state index contributed by atoms with van der Waals surface area (Å²) in [4.78, 5) is 21.3. The Balaban J connectivity index is 1.52. The molecule has 4 rings (SSSR count). The highest BCUT2D eigenvalue weighted by Crippen LogP contribution is 2.24. The van der Waals surface area contributed by atoms with Gasteiger partial charge in [0.1, 0.15) is 11.4 Å². The number of aromatic nitrogens is 1. The largest absolute Gasteiger partial charge is 0.497 e. The van der Waals surface area contributed by atoms with Crippen LogP contribution in [0, 0.1) is 0 Å². The van der Waals surface area contributed by atoms with Gasteiger partial charge in [-0.1, -0.05) is 6.42 Å². The second-order valence-corrected chi connectivity index (χ2v) is 7.88. The van der Waals surface area contributed by atoms with Crippen molar-refractivity contribution in [2.45, 2.75) is 38.1 Å². The molecule has 2 aliphatic rings. The van der Waals surface area contributed by atoms with Crippen LogP contribution < -0.4 is 4.74 Å². The number of benzene rings is 1. The average Bonchev–Trinajstić information content (AvgIpc) is 3.18. The molecule has 2 aromatic rings. The maximum atomic E-state index is 13.4. The van der Waals surface area contributed by atoms with E-state index in [0.717, 1.165) is 68.9 Å². The number of ether oxygens (including phenoxy) is 2. The Morgan fingerprint density at radius 3 is 2.75 bits per heavy atom. The topological polar surface area (TPSA) is 57.8 Å². The number of carbonyl (C=O) groups is 1.